The van der Waals surface area contributed by atoms with Gasteiger partial charge in [-0.05, 0) is 34.9 Å². The second-order valence-electron chi connectivity index (χ2n) is 6.60. The molecule has 3 nitrogen and oxygen atoms in total. The van der Waals surface area contributed by atoms with Crippen molar-refractivity contribution in [3.05, 3.63) is 95.7 Å². The maximum atomic E-state index is 5.80. The first-order chi connectivity index (χ1) is 13.2. The van der Waals surface area contributed by atoms with Crippen molar-refractivity contribution in [3.8, 4) is 11.1 Å². The Hall–Kier alpha value is -2.95. The number of rotatable bonds is 6. The molecule has 4 aromatic rings. The van der Waals surface area contributed by atoms with Crippen LogP contribution in [0.15, 0.2) is 78.9 Å². The lowest BCUT2D eigenvalue weighted by molar-refractivity contribution is 0.684. The van der Waals surface area contributed by atoms with Gasteiger partial charge in [0.05, 0.1) is 0 Å². The van der Waals surface area contributed by atoms with E-state index in [2.05, 4.69) is 71.0 Å². The second-order valence-corrected chi connectivity index (χ2v) is 7.04. The molecule has 4 N–H and O–H groups in total. The van der Waals surface area contributed by atoms with E-state index in [9.17, 15) is 0 Å². The summed E-state index contributed by atoms with van der Waals surface area (Å²) in [5, 5.41) is 4.70. The second kappa shape index (κ2) is 7.74. The first-order valence-corrected chi connectivity index (χ1v) is 9.37. The summed E-state index contributed by atoms with van der Waals surface area (Å²) in [7, 11) is 0. The molecule has 0 amide bonds. The molecule has 0 saturated heterocycles. The molecule has 0 aliphatic rings. The van der Waals surface area contributed by atoms with E-state index in [0.717, 1.165) is 29.7 Å². The van der Waals surface area contributed by atoms with Gasteiger partial charge in [-0.1, -0.05) is 72.9 Å². The quantitative estimate of drug-likeness (QED) is 0.428. The van der Waals surface area contributed by atoms with Gasteiger partial charge in [0.15, 0.2) is 0 Å². The fourth-order valence-corrected chi connectivity index (χ4v) is 3.46. The van der Waals surface area contributed by atoms with E-state index in [4.69, 9.17) is 18.0 Å². The molecule has 0 fully saturated rings. The lowest BCUT2D eigenvalue weighted by Crippen LogP contribution is -2.12. The summed E-state index contributed by atoms with van der Waals surface area (Å²) in [6.07, 6.45) is 0. The first kappa shape index (κ1) is 17.5. The van der Waals surface area contributed by atoms with Crippen molar-refractivity contribution >= 4 is 28.1 Å². The van der Waals surface area contributed by atoms with Crippen molar-refractivity contribution < 1.29 is 0 Å². The van der Waals surface area contributed by atoms with Gasteiger partial charge in [-0.2, -0.15) is 0 Å². The van der Waals surface area contributed by atoms with Crippen LogP contribution in [-0.4, -0.2) is 9.97 Å². The number of benzene rings is 3. The summed E-state index contributed by atoms with van der Waals surface area (Å²) in [5.41, 5.74) is 12.6. The molecule has 0 bridgehead atoms. The molecule has 1 heterocycles. The van der Waals surface area contributed by atoms with Gasteiger partial charge < -0.3 is 16.0 Å². The average molecular weight is 372 g/mol. The van der Waals surface area contributed by atoms with E-state index in [1.807, 2.05) is 18.2 Å². The molecule has 4 rings (SSSR count). The molecule has 134 valence electrons. The van der Waals surface area contributed by atoms with Crippen LogP contribution in [0.4, 0.5) is 0 Å². The van der Waals surface area contributed by atoms with Crippen molar-refractivity contribution in [3.63, 3.8) is 0 Å². The largest absolute Gasteiger partial charge is 0.389 e. The van der Waals surface area contributed by atoms with Crippen LogP contribution < -0.4 is 11.1 Å². The summed E-state index contributed by atoms with van der Waals surface area (Å²) in [5.74, 6) is 0. The van der Waals surface area contributed by atoms with Crippen LogP contribution in [0.2, 0.25) is 0 Å². The molecule has 3 aromatic carbocycles. The van der Waals surface area contributed by atoms with Crippen molar-refractivity contribution in [1.29, 1.82) is 0 Å². The van der Waals surface area contributed by atoms with Crippen LogP contribution in [0.1, 0.15) is 16.8 Å². The number of hydrogen-bond acceptors (Lipinski definition) is 2. The Bertz CT molecular complexity index is 1080. The van der Waals surface area contributed by atoms with Gasteiger partial charge >= 0.3 is 0 Å². The molecular formula is C23H21N3S. The molecule has 0 aliphatic heterocycles. The number of hydrogen-bond donors (Lipinski definition) is 3. The fraction of sp³-hybridized carbons (Fsp3) is 0.0870. The molecule has 0 unspecified atom stereocenters. The van der Waals surface area contributed by atoms with Gasteiger partial charge in [0.25, 0.3) is 0 Å². The highest BCUT2D eigenvalue weighted by Crippen LogP contribution is 2.30. The van der Waals surface area contributed by atoms with E-state index in [0.29, 0.717) is 4.99 Å². The van der Waals surface area contributed by atoms with Crippen LogP contribution >= 0.6 is 12.2 Å². The number of fused-ring (bicyclic) bond motifs is 1. The Morgan fingerprint density at radius 3 is 2.52 bits per heavy atom. The van der Waals surface area contributed by atoms with E-state index >= 15 is 0 Å². The summed E-state index contributed by atoms with van der Waals surface area (Å²) in [6, 6.07) is 27.0. The van der Waals surface area contributed by atoms with E-state index in [1.165, 1.54) is 22.2 Å². The van der Waals surface area contributed by atoms with E-state index in [1.54, 1.807) is 0 Å². The predicted octanol–water partition coefficient (Wildman–Crippen LogP) is 4.76. The Kier molecular flexibility index (Phi) is 5.01. The smallest absolute Gasteiger partial charge is 0.104 e. The summed E-state index contributed by atoms with van der Waals surface area (Å²) in [6.45, 7) is 1.63. The Balaban J connectivity index is 1.59. The molecule has 27 heavy (non-hydrogen) atoms. The number of nitrogens with one attached hydrogen (secondary N) is 2. The molecule has 1 aromatic heterocycles. The third-order valence-electron chi connectivity index (χ3n) is 4.67. The normalized spacial score (nSPS) is 11.0. The minimum absolute atomic E-state index is 0.420. The zero-order chi connectivity index (χ0) is 18.6. The van der Waals surface area contributed by atoms with Crippen LogP contribution in [0.3, 0.4) is 0 Å². The van der Waals surface area contributed by atoms with Crippen molar-refractivity contribution in [2.75, 3.05) is 0 Å². The Morgan fingerprint density at radius 2 is 1.70 bits per heavy atom. The summed E-state index contributed by atoms with van der Waals surface area (Å²) in [4.78, 5) is 3.94. The highest BCUT2D eigenvalue weighted by atomic mass is 32.1. The molecule has 0 radical (unpaired) electrons. The average Bonchev–Trinajstić information content (AvgIpc) is 3.12. The molecule has 0 aliphatic carbocycles. The van der Waals surface area contributed by atoms with Crippen LogP contribution in [0, 0.1) is 0 Å². The zero-order valence-electron chi connectivity index (χ0n) is 14.9. The standard InChI is InChI=1S/C23H21N3S/c24-23(27)18-9-4-8-17(12-18)20-10-5-11-22-21(20)13-19(26-22)15-25-14-16-6-2-1-3-7-16/h1-13,25-26H,14-15H2,(H2,24,27). The highest BCUT2D eigenvalue weighted by molar-refractivity contribution is 7.80. The lowest BCUT2D eigenvalue weighted by Gasteiger charge is -2.06. The predicted molar refractivity (Wildman–Crippen MR) is 117 cm³/mol. The van der Waals surface area contributed by atoms with E-state index in [-0.39, 0.29) is 0 Å². The minimum Gasteiger partial charge on any atom is -0.389 e. The van der Waals surface area contributed by atoms with Gasteiger partial charge in [-0.15, -0.1) is 0 Å². The third-order valence-corrected chi connectivity index (χ3v) is 4.90. The monoisotopic (exact) mass is 371 g/mol. The number of H-pyrrole nitrogens is 1. The number of aromatic nitrogens is 1. The molecule has 4 heteroatoms. The van der Waals surface area contributed by atoms with Crippen LogP contribution in [0.25, 0.3) is 22.0 Å². The van der Waals surface area contributed by atoms with Gasteiger partial charge in [0.2, 0.25) is 0 Å². The third kappa shape index (κ3) is 3.92. The van der Waals surface area contributed by atoms with Gasteiger partial charge in [-0.25, -0.2) is 0 Å². The van der Waals surface area contributed by atoms with Crippen LogP contribution in [0.5, 0.6) is 0 Å². The maximum Gasteiger partial charge on any atom is 0.104 e. The maximum absolute atomic E-state index is 5.80. The topological polar surface area (TPSA) is 53.8 Å². The Labute approximate surface area is 164 Å². The number of aromatic amines is 1. The number of nitrogens with two attached hydrogens (primary N) is 1. The molecule has 0 atom stereocenters. The van der Waals surface area contributed by atoms with Crippen LogP contribution in [-0.2, 0) is 13.1 Å². The highest BCUT2D eigenvalue weighted by Gasteiger charge is 2.08. The summed E-state index contributed by atoms with van der Waals surface area (Å²) < 4.78 is 0. The SMILES string of the molecule is NC(=S)c1cccc(-c2cccc3[nH]c(CNCc4ccccc4)cc23)c1. The zero-order valence-corrected chi connectivity index (χ0v) is 15.7. The van der Waals surface area contributed by atoms with Gasteiger partial charge in [-0.3, -0.25) is 0 Å². The number of thiocarbonyl (C=S) groups is 1. The molecule has 0 spiro atoms. The fourth-order valence-electron chi connectivity index (χ4n) is 3.34. The van der Waals surface area contributed by atoms with Crippen molar-refractivity contribution in [1.82, 2.24) is 10.3 Å². The molecule has 0 saturated carbocycles. The van der Waals surface area contributed by atoms with E-state index < -0.39 is 0 Å². The van der Waals surface area contributed by atoms with Crippen molar-refractivity contribution in [2.24, 2.45) is 5.73 Å². The van der Waals surface area contributed by atoms with Gasteiger partial charge in [0.1, 0.15) is 4.99 Å². The first-order valence-electron chi connectivity index (χ1n) is 8.96. The van der Waals surface area contributed by atoms with Gasteiger partial charge in [0, 0.05) is 35.2 Å². The van der Waals surface area contributed by atoms with Crippen molar-refractivity contribution in [2.45, 2.75) is 13.1 Å². The molecular weight excluding hydrogens is 350 g/mol. The Morgan fingerprint density at radius 1 is 0.889 bits per heavy atom. The summed E-state index contributed by atoms with van der Waals surface area (Å²) >= 11 is 5.12. The minimum atomic E-state index is 0.420. The lowest BCUT2D eigenvalue weighted by atomic mass is 10.00.